The van der Waals surface area contributed by atoms with Crippen LogP contribution in [0.15, 0.2) is 0 Å². The van der Waals surface area contributed by atoms with Gasteiger partial charge in [0.1, 0.15) is 0 Å². The first-order valence-electron chi connectivity index (χ1n) is 5.21. The van der Waals surface area contributed by atoms with E-state index in [1.54, 1.807) is 7.11 Å². The van der Waals surface area contributed by atoms with Crippen LogP contribution in [0.25, 0.3) is 0 Å². The van der Waals surface area contributed by atoms with Crippen LogP contribution in [0.5, 0.6) is 0 Å². The number of ether oxygens (including phenoxy) is 2. The van der Waals surface area contributed by atoms with E-state index < -0.39 is 6.10 Å². The fraction of sp³-hybridized carbons (Fsp3) is 1.00. The average Bonchev–Trinajstić information content (AvgIpc) is 2.21. The van der Waals surface area contributed by atoms with Crippen molar-refractivity contribution in [2.75, 3.05) is 46.6 Å². The maximum atomic E-state index is 9.57. The van der Waals surface area contributed by atoms with E-state index >= 15 is 0 Å². The Balaban J connectivity index is 3.38. The smallest absolute Gasteiger partial charge is 0.0900 e. The Morgan fingerprint density at radius 2 is 1.86 bits per heavy atom. The SMILES string of the molecule is CCN(CC)CC(O)COCCOC. The summed E-state index contributed by atoms with van der Waals surface area (Å²) < 4.78 is 10.1. The summed E-state index contributed by atoms with van der Waals surface area (Å²) in [6.07, 6.45) is -0.397. The predicted molar refractivity (Wildman–Crippen MR) is 56.5 cm³/mol. The number of nitrogens with zero attached hydrogens (tertiary/aromatic N) is 1. The third-order valence-electron chi connectivity index (χ3n) is 2.11. The summed E-state index contributed by atoms with van der Waals surface area (Å²) in [6, 6.07) is 0. The number of rotatable bonds is 9. The van der Waals surface area contributed by atoms with Gasteiger partial charge in [0.15, 0.2) is 0 Å². The highest BCUT2D eigenvalue weighted by molar-refractivity contribution is 4.61. The van der Waals surface area contributed by atoms with Crippen LogP contribution in [-0.4, -0.2) is 62.7 Å². The van der Waals surface area contributed by atoms with Gasteiger partial charge in [-0.05, 0) is 13.1 Å². The van der Waals surface area contributed by atoms with Crippen molar-refractivity contribution in [3.63, 3.8) is 0 Å². The third-order valence-corrected chi connectivity index (χ3v) is 2.11. The van der Waals surface area contributed by atoms with Crippen molar-refractivity contribution in [3.8, 4) is 0 Å². The molecule has 14 heavy (non-hydrogen) atoms. The summed E-state index contributed by atoms with van der Waals surface area (Å²) in [7, 11) is 1.63. The lowest BCUT2D eigenvalue weighted by Crippen LogP contribution is -2.34. The molecule has 0 aromatic rings. The molecule has 0 fully saturated rings. The van der Waals surface area contributed by atoms with E-state index in [1.165, 1.54) is 0 Å². The molecule has 0 bridgehead atoms. The van der Waals surface area contributed by atoms with Crippen LogP contribution < -0.4 is 0 Å². The van der Waals surface area contributed by atoms with Gasteiger partial charge in [-0.15, -0.1) is 0 Å². The largest absolute Gasteiger partial charge is 0.389 e. The van der Waals surface area contributed by atoms with Crippen LogP contribution in [0.4, 0.5) is 0 Å². The normalized spacial score (nSPS) is 13.5. The van der Waals surface area contributed by atoms with Crippen molar-refractivity contribution in [2.45, 2.75) is 20.0 Å². The van der Waals surface area contributed by atoms with Crippen LogP contribution in [0.2, 0.25) is 0 Å². The molecule has 1 unspecified atom stereocenters. The number of methoxy groups -OCH3 is 1. The van der Waals surface area contributed by atoms with Crippen LogP contribution in [-0.2, 0) is 9.47 Å². The summed E-state index contributed by atoms with van der Waals surface area (Å²) in [5.41, 5.74) is 0. The average molecular weight is 205 g/mol. The van der Waals surface area contributed by atoms with Gasteiger partial charge in [-0.3, -0.25) is 0 Å². The molecule has 1 N–H and O–H groups in total. The highest BCUT2D eigenvalue weighted by Crippen LogP contribution is 1.93. The Hall–Kier alpha value is -0.160. The fourth-order valence-corrected chi connectivity index (χ4v) is 1.19. The zero-order valence-electron chi connectivity index (χ0n) is 9.53. The van der Waals surface area contributed by atoms with E-state index in [-0.39, 0.29) is 0 Å². The molecule has 0 spiro atoms. The van der Waals surface area contributed by atoms with Gasteiger partial charge in [0, 0.05) is 13.7 Å². The predicted octanol–water partition coefficient (Wildman–Crippen LogP) is 0.352. The zero-order chi connectivity index (χ0) is 10.8. The lowest BCUT2D eigenvalue weighted by molar-refractivity contribution is 0.000654. The molecule has 0 radical (unpaired) electrons. The van der Waals surface area contributed by atoms with Crippen LogP contribution >= 0.6 is 0 Å². The van der Waals surface area contributed by atoms with Crippen molar-refractivity contribution in [1.82, 2.24) is 4.90 Å². The minimum atomic E-state index is -0.397. The molecule has 0 saturated heterocycles. The molecule has 4 heteroatoms. The molecule has 0 aliphatic rings. The monoisotopic (exact) mass is 205 g/mol. The van der Waals surface area contributed by atoms with Gasteiger partial charge < -0.3 is 19.5 Å². The first kappa shape index (κ1) is 13.8. The Morgan fingerprint density at radius 3 is 2.36 bits per heavy atom. The van der Waals surface area contributed by atoms with Crippen molar-refractivity contribution in [1.29, 1.82) is 0 Å². The quantitative estimate of drug-likeness (QED) is 0.552. The molecular formula is C10H23NO3. The molecule has 0 saturated carbocycles. The number of likely N-dealkylation sites (N-methyl/N-ethyl adjacent to an activating group) is 1. The van der Waals surface area contributed by atoms with E-state index in [2.05, 4.69) is 18.7 Å². The number of hydrogen-bond acceptors (Lipinski definition) is 4. The van der Waals surface area contributed by atoms with Gasteiger partial charge in [0.2, 0.25) is 0 Å². The number of aliphatic hydroxyl groups excluding tert-OH is 1. The molecule has 0 aliphatic heterocycles. The highest BCUT2D eigenvalue weighted by atomic mass is 16.5. The van der Waals surface area contributed by atoms with Crippen molar-refractivity contribution in [3.05, 3.63) is 0 Å². The second-order valence-electron chi connectivity index (χ2n) is 3.21. The molecule has 0 amide bonds. The first-order chi connectivity index (χ1) is 6.74. The van der Waals surface area contributed by atoms with Gasteiger partial charge >= 0.3 is 0 Å². The summed E-state index contributed by atoms with van der Waals surface area (Å²) in [4.78, 5) is 2.17. The zero-order valence-corrected chi connectivity index (χ0v) is 9.53. The Kier molecular flexibility index (Phi) is 9.29. The molecule has 0 aromatic carbocycles. The molecular weight excluding hydrogens is 182 g/mol. The number of aliphatic hydroxyl groups is 1. The molecule has 0 rings (SSSR count). The standard InChI is InChI=1S/C10H23NO3/c1-4-11(5-2)8-10(12)9-14-7-6-13-3/h10,12H,4-9H2,1-3H3. The summed E-state index contributed by atoms with van der Waals surface area (Å²) in [6.45, 7) is 8.30. The van der Waals surface area contributed by atoms with E-state index in [1.807, 2.05) is 0 Å². The lowest BCUT2D eigenvalue weighted by atomic mass is 10.3. The molecule has 0 heterocycles. The third kappa shape index (κ3) is 7.26. The van der Waals surface area contributed by atoms with Crippen molar-refractivity contribution < 1.29 is 14.6 Å². The summed E-state index contributed by atoms with van der Waals surface area (Å²) >= 11 is 0. The topological polar surface area (TPSA) is 41.9 Å². The Bertz CT molecular complexity index is 118. The van der Waals surface area contributed by atoms with Gasteiger partial charge in [0.05, 0.1) is 25.9 Å². The summed E-state index contributed by atoms with van der Waals surface area (Å²) in [5.74, 6) is 0. The lowest BCUT2D eigenvalue weighted by Gasteiger charge is -2.21. The summed E-state index contributed by atoms with van der Waals surface area (Å²) in [5, 5.41) is 9.57. The Labute approximate surface area is 86.8 Å². The molecule has 0 aromatic heterocycles. The molecule has 86 valence electrons. The van der Waals surface area contributed by atoms with Gasteiger partial charge in [-0.25, -0.2) is 0 Å². The van der Waals surface area contributed by atoms with Gasteiger partial charge in [-0.2, -0.15) is 0 Å². The fourth-order valence-electron chi connectivity index (χ4n) is 1.19. The molecule has 4 nitrogen and oxygen atoms in total. The Morgan fingerprint density at radius 1 is 1.21 bits per heavy atom. The minimum absolute atomic E-state index is 0.389. The van der Waals surface area contributed by atoms with Crippen LogP contribution in [0, 0.1) is 0 Å². The van der Waals surface area contributed by atoms with E-state index in [0.29, 0.717) is 26.4 Å². The maximum absolute atomic E-state index is 9.57. The van der Waals surface area contributed by atoms with E-state index in [9.17, 15) is 5.11 Å². The number of hydrogen-bond donors (Lipinski definition) is 1. The highest BCUT2D eigenvalue weighted by Gasteiger charge is 2.08. The first-order valence-corrected chi connectivity index (χ1v) is 5.21. The van der Waals surface area contributed by atoms with Gasteiger partial charge in [0.25, 0.3) is 0 Å². The second-order valence-corrected chi connectivity index (χ2v) is 3.21. The van der Waals surface area contributed by atoms with E-state index in [4.69, 9.17) is 9.47 Å². The van der Waals surface area contributed by atoms with Crippen molar-refractivity contribution in [2.24, 2.45) is 0 Å². The van der Waals surface area contributed by atoms with E-state index in [0.717, 1.165) is 13.1 Å². The molecule has 0 aliphatic carbocycles. The van der Waals surface area contributed by atoms with Crippen molar-refractivity contribution >= 4 is 0 Å². The van der Waals surface area contributed by atoms with Gasteiger partial charge in [-0.1, -0.05) is 13.8 Å². The molecule has 1 atom stereocenters. The maximum Gasteiger partial charge on any atom is 0.0900 e. The van der Waals surface area contributed by atoms with Crippen LogP contribution in [0.1, 0.15) is 13.8 Å². The van der Waals surface area contributed by atoms with Crippen LogP contribution in [0.3, 0.4) is 0 Å². The second kappa shape index (κ2) is 9.40. The minimum Gasteiger partial charge on any atom is -0.389 e.